The highest BCUT2D eigenvalue weighted by Gasteiger charge is 2.32. The average molecular weight is 314 g/mol. The van der Waals surface area contributed by atoms with Gasteiger partial charge in [0, 0.05) is 30.8 Å². The molecule has 0 spiro atoms. The summed E-state index contributed by atoms with van der Waals surface area (Å²) in [6, 6.07) is 4.72. The van der Waals surface area contributed by atoms with Gasteiger partial charge in [0.1, 0.15) is 0 Å². The number of anilines is 1. The zero-order valence-corrected chi connectivity index (χ0v) is 12.9. The molecule has 1 N–H and O–H groups in total. The van der Waals surface area contributed by atoms with Crippen molar-refractivity contribution in [3.05, 3.63) is 18.2 Å². The summed E-state index contributed by atoms with van der Waals surface area (Å²) in [5.41, 5.74) is 0.649. The lowest BCUT2D eigenvalue weighted by atomic mass is 10.2. The Kier molecular flexibility index (Phi) is 4.38. The summed E-state index contributed by atoms with van der Waals surface area (Å²) in [5, 5.41) is 0. The maximum atomic E-state index is 12.0. The number of hydrogen-bond donors (Lipinski definition) is 1. The number of benzene rings is 1. The van der Waals surface area contributed by atoms with Gasteiger partial charge < -0.3 is 14.4 Å². The topological polar surface area (TPSA) is 84.9 Å². The molecule has 21 heavy (non-hydrogen) atoms. The van der Waals surface area contributed by atoms with E-state index < -0.39 is 16.1 Å². The van der Waals surface area contributed by atoms with E-state index >= 15 is 0 Å². The molecule has 0 bridgehead atoms. The third-order valence-electron chi connectivity index (χ3n) is 3.18. The Balaban J connectivity index is 2.21. The number of amides is 1. The van der Waals surface area contributed by atoms with Gasteiger partial charge in [0.2, 0.25) is 15.9 Å². The van der Waals surface area contributed by atoms with Gasteiger partial charge in [-0.25, -0.2) is 13.1 Å². The van der Waals surface area contributed by atoms with Gasteiger partial charge in [-0.2, -0.15) is 0 Å². The van der Waals surface area contributed by atoms with Crippen molar-refractivity contribution in [1.82, 2.24) is 4.72 Å². The first-order valence-electron chi connectivity index (χ1n) is 6.33. The molecular formula is C13H18N2O5S. The van der Waals surface area contributed by atoms with E-state index in [4.69, 9.17) is 9.47 Å². The van der Waals surface area contributed by atoms with Gasteiger partial charge in [-0.1, -0.05) is 0 Å². The molecule has 1 aromatic rings. The number of carbonyl (C=O) groups excluding carboxylic acids is 1. The van der Waals surface area contributed by atoms with Gasteiger partial charge in [0.25, 0.3) is 0 Å². The van der Waals surface area contributed by atoms with E-state index in [2.05, 4.69) is 4.72 Å². The first-order chi connectivity index (χ1) is 9.84. The summed E-state index contributed by atoms with van der Waals surface area (Å²) >= 11 is 0. The van der Waals surface area contributed by atoms with Crippen molar-refractivity contribution in [3.63, 3.8) is 0 Å². The van der Waals surface area contributed by atoms with Crippen molar-refractivity contribution in [2.75, 3.05) is 31.9 Å². The molecule has 8 heteroatoms. The highest BCUT2D eigenvalue weighted by atomic mass is 32.2. The Morgan fingerprint density at radius 3 is 2.48 bits per heavy atom. The Hall–Kier alpha value is -1.80. The summed E-state index contributed by atoms with van der Waals surface area (Å²) in [6.07, 6.45) is 1.22. The van der Waals surface area contributed by atoms with Gasteiger partial charge in [0.15, 0.2) is 11.5 Å². The predicted octanol–water partition coefficient (Wildman–Crippen LogP) is 0.358. The van der Waals surface area contributed by atoms with Gasteiger partial charge in [-0.05, 0) is 12.1 Å². The molecular weight excluding hydrogens is 296 g/mol. The van der Waals surface area contributed by atoms with E-state index in [1.807, 2.05) is 0 Å². The molecule has 1 aliphatic heterocycles. The molecule has 1 atom stereocenters. The van der Waals surface area contributed by atoms with Crippen LogP contribution in [-0.4, -0.2) is 47.4 Å². The molecule has 1 aromatic carbocycles. The van der Waals surface area contributed by atoms with Crippen LogP contribution in [0.15, 0.2) is 18.2 Å². The summed E-state index contributed by atoms with van der Waals surface area (Å²) < 4.78 is 35.3. The van der Waals surface area contributed by atoms with Crippen LogP contribution in [0.2, 0.25) is 0 Å². The normalized spacial score (nSPS) is 18.9. The number of nitrogens with one attached hydrogen (secondary N) is 1. The first kappa shape index (κ1) is 15.6. The van der Waals surface area contributed by atoms with Gasteiger partial charge in [-0.15, -0.1) is 0 Å². The molecule has 2 rings (SSSR count). The number of methoxy groups -OCH3 is 2. The highest BCUT2D eigenvalue weighted by molar-refractivity contribution is 7.88. The summed E-state index contributed by atoms with van der Waals surface area (Å²) in [5.74, 6) is 0.949. The number of sulfonamides is 1. The largest absolute Gasteiger partial charge is 0.493 e. The minimum atomic E-state index is -3.33. The maximum absolute atomic E-state index is 12.0. The number of carbonyl (C=O) groups is 1. The number of ether oxygens (including phenoxy) is 2. The molecule has 116 valence electrons. The van der Waals surface area contributed by atoms with Crippen molar-refractivity contribution < 1.29 is 22.7 Å². The van der Waals surface area contributed by atoms with Crippen molar-refractivity contribution >= 4 is 21.6 Å². The lowest BCUT2D eigenvalue weighted by molar-refractivity contribution is -0.117. The second-order valence-corrected chi connectivity index (χ2v) is 6.61. The Morgan fingerprint density at radius 2 is 1.90 bits per heavy atom. The molecule has 0 unspecified atom stereocenters. The minimum absolute atomic E-state index is 0.136. The Bertz CT molecular complexity index is 644. The van der Waals surface area contributed by atoms with Crippen LogP contribution >= 0.6 is 0 Å². The van der Waals surface area contributed by atoms with E-state index in [0.717, 1.165) is 6.26 Å². The Morgan fingerprint density at radius 1 is 1.24 bits per heavy atom. The molecule has 0 saturated carbocycles. The smallest absolute Gasteiger partial charge is 0.228 e. The monoisotopic (exact) mass is 314 g/mol. The lowest BCUT2D eigenvalue weighted by Gasteiger charge is -2.18. The quantitative estimate of drug-likeness (QED) is 0.848. The van der Waals surface area contributed by atoms with Crippen LogP contribution in [0.25, 0.3) is 0 Å². The number of nitrogens with zero attached hydrogens (tertiary/aromatic N) is 1. The van der Waals surface area contributed by atoms with Crippen molar-refractivity contribution in [2.24, 2.45) is 0 Å². The van der Waals surface area contributed by atoms with Crippen molar-refractivity contribution in [3.8, 4) is 11.5 Å². The van der Waals surface area contributed by atoms with Crippen LogP contribution in [0.4, 0.5) is 5.69 Å². The zero-order chi connectivity index (χ0) is 15.6. The SMILES string of the molecule is COc1ccc(N2C[C@@H](NS(C)(=O)=O)CC2=O)cc1OC. The molecule has 1 fully saturated rings. The number of hydrogen-bond acceptors (Lipinski definition) is 5. The van der Waals surface area contributed by atoms with Crippen LogP contribution in [0.3, 0.4) is 0 Å². The fourth-order valence-corrected chi connectivity index (χ4v) is 3.09. The van der Waals surface area contributed by atoms with E-state index in [0.29, 0.717) is 23.7 Å². The predicted molar refractivity (Wildman–Crippen MR) is 78.3 cm³/mol. The molecule has 0 aliphatic carbocycles. The first-order valence-corrected chi connectivity index (χ1v) is 8.23. The summed E-state index contributed by atoms with van der Waals surface area (Å²) in [7, 11) is -0.286. The van der Waals surface area contributed by atoms with E-state index in [1.165, 1.54) is 19.1 Å². The third kappa shape index (κ3) is 3.64. The average Bonchev–Trinajstić information content (AvgIpc) is 2.76. The molecule has 1 saturated heterocycles. The molecule has 0 radical (unpaired) electrons. The van der Waals surface area contributed by atoms with Gasteiger partial charge in [0.05, 0.1) is 20.5 Å². The van der Waals surface area contributed by atoms with E-state index in [9.17, 15) is 13.2 Å². The van der Waals surface area contributed by atoms with Gasteiger partial charge in [-0.3, -0.25) is 4.79 Å². The van der Waals surface area contributed by atoms with Crippen LogP contribution in [-0.2, 0) is 14.8 Å². The second-order valence-electron chi connectivity index (χ2n) is 4.83. The molecule has 1 aliphatic rings. The fourth-order valence-electron chi connectivity index (χ4n) is 2.33. The minimum Gasteiger partial charge on any atom is -0.493 e. The van der Waals surface area contributed by atoms with Crippen molar-refractivity contribution in [2.45, 2.75) is 12.5 Å². The van der Waals surface area contributed by atoms with Crippen molar-refractivity contribution in [1.29, 1.82) is 0 Å². The summed E-state index contributed by atoms with van der Waals surface area (Å²) in [4.78, 5) is 13.6. The van der Waals surface area contributed by atoms with Crippen LogP contribution in [0, 0.1) is 0 Å². The molecule has 0 aromatic heterocycles. The number of rotatable bonds is 5. The van der Waals surface area contributed by atoms with Crippen LogP contribution in [0.1, 0.15) is 6.42 Å². The highest BCUT2D eigenvalue weighted by Crippen LogP contribution is 2.33. The fraction of sp³-hybridized carbons (Fsp3) is 0.462. The van der Waals surface area contributed by atoms with Gasteiger partial charge >= 0.3 is 0 Å². The standard InChI is InChI=1S/C13H18N2O5S/c1-19-11-5-4-10(7-12(11)20-2)15-8-9(6-13(15)16)14-21(3,17)18/h4-5,7,9,14H,6,8H2,1-3H3/t9-/m0/s1. The molecule has 1 amide bonds. The molecule has 1 heterocycles. The maximum Gasteiger partial charge on any atom is 0.228 e. The van der Waals surface area contributed by atoms with Crippen LogP contribution < -0.4 is 19.1 Å². The lowest BCUT2D eigenvalue weighted by Crippen LogP contribution is -2.36. The zero-order valence-electron chi connectivity index (χ0n) is 12.1. The van der Waals surface area contributed by atoms with E-state index in [1.54, 1.807) is 18.2 Å². The summed E-state index contributed by atoms with van der Waals surface area (Å²) in [6.45, 7) is 0.293. The Labute approximate surface area is 123 Å². The van der Waals surface area contributed by atoms with Crippen LogP contribution in [0.5, 0.6) is 11.5 Å². The van der Waals surface area contributed by atoms with E-state index in [-0.39, 0.29) is 12.3 Å². The third-order valence-corrected chi connectivity index (χ3v) is 3.95. The second kappa shape index (κ2) is 5.90. The molecule has 7 nitrogen and oxygen atoms in total.